The number of rotatable bonds is 2. The van der Waals surface area contributed by atoms with Crippen molar-refractivity contribution in [2.24, 2.45) is 0 Å². The van der Waals surface area contributed by atoms with E-state index < -0.39 is 0 Å². The molecule has 0 aromatic heterocycles. The second kappa shape index (κ2) is 14.7. The molecule has 1 N–H and O–H groups in total. The Balaban J connectivity index is 0.000000801. The van der Waals surface area contributed by atoms with E-state index in [0.29, 0.717) is 0 Å². The van der Waals surface area contributed by atoms with Crippen LogP contribution >= 0.6 is 0 Å². The van der Waals surface area contributed by atoms with Crippen LogP contribution in [0.2, 0.25) is 0 Å². The Bertz CT molecular complexity index is 712. The topological polar surface area (TPSA) is 23.8 Å². The van der Waals surface area contributed by atoms with Gasteiger partial charge in [0, 0.05) is 0 Å². The molecule has 0 spiro atoms. The van der Waals surface area contributed by atoms with Crippen molar-refractivity contribution in [2.45, 2.75) is 31.7 Å². The van der Waals surface area contributed by atoms with Crippen LogP contribution in [-0.2, 0) is 21.7 Å². The van der Waals surface area contributed by atoms with E-state index in [1.54, 1.807) is 0 Å². The van der Waals surface area contributed by atoms with E-state index in [4.69, 9.17) is 5.73 Å². The predicted molar refractivity (Wildman–Crippen MR) is 108 cm³/mol. The van der Waals surface area contributed by atoms with Crippen molar-refractivity contribution in [3.05, 3.63) is 113 Å². The fraction of sp³-hybridized carbons (Fsp3) is 0.208. The Morgan fingerprint density at radius 3 is 1.64 bits per heavy atom. The van der Waals surface area contributed by atoms with E-state index in [9.17, 15) is 0 Å². The second-order valence-corrected chi connectivity index (χ2v) is 6.39. The molecule has 3 aromatic rings. The summed E-state index contributed by atoms with van der Waals surface area (Å²) < 4.78 is 0. The number of hydrogen-bond acceptors (Lipinski definition) is 0. The molecule has 1 saturated carbocycles. The molecule has 144 valence electrons. The number of benzene rings is 2. The van der Waals surface area contributed by atoms with Gasteiger partial charge < -0.3 is 30.5 Å². The van der Waals surface area contributed by atoms with Crippen molar-refractivity contribution in [3.63, 3.8) is 0 Å². The molecule has 0 amide bonds. The van der Waals surface area contributed by atoms with Crippen LogP contribution in [0, 0.1) is 0 Å². The van der Waals surface area contributed by atoms with Crippen LogP contribution in [-0.4, -0.2) is 6.04 Å². The van der Waals surface area contributed by atoms with Gasteiger partial charge in [-0.15, -0.1) is 6.04 Å². The monoisotopic (exact) mass is 445 g/mol. The molecular formula is C24H25Cl2NTi. The maximum atomic E-state index is 8.40. The number of hydrogen-bond donors (Lipinski definition) is 0. The molecule has 1 atom stereocenters. The third kappa shape index (κ3) is 7.66. The third-order valence-corrected chi connectivity index (χ3v) is 4.61. The van der Waals surface area contributed by atoms with E-state index in [0.717, 1.165) is 12.8 Å². The molecular weight excluding hydrogens is 421 g/mol. The van der Waals surface area contributed by atoms with Crippen molar-refractivity contribution >= 4 is 5.57 Å². The summed E-state index contributed by atoms with van der Waals surface area (Å²) in [5.74, 6) is 0. The fourth-order valence-electron chi connectivity index (χ4n) is 3.38. The molecule has 0 heterocycles. The minimum Gasteiger partial charge on any atom is -1.00 e. The van der Waals surface area contributed by atoms with Gasteiger partial charge in [-0.1, -0.05) is 79.1 Å². The van der Waals surface area contributed by atoms with Gasteiger partial charge >= 0.3 is 21.7 Å². The Morgan fingerprint density at radius 2 is 1.25 bits per heavy atom. The first-order valence-electron chi connectivity index (χ1n) is 9.08. The van der Waals surface area contributed by atoms with Gasteiger partial charge in [0.2, 0.25) is 0 Å². The summed E-state index contributed by atoms with van der Waals surface area (Å²) >= 11 is 0. The minimum atomic E-state index is -0.0424. The Kier molecular flexibility index (Phi) is 14.1. The minimum absolute atomic E-state index is 0. The maximum Gasteiger partial charge on any atom is 4.00 e. The summed E-state index contributed by atoms with van der Waals surface area (Å²) in [6, 6.07) is 31.0. The fourth-order valence-corrected chi connectivity index (χ4v) is 3.38. The zero-order valence-corrected chi connectivity index (χ0v) is 18.9. The second-order valence-electron chi connectivity index (χ2n) is 6.39. The van der Waals surface area contributed by atoms with E-state index >= 15 is 0 Å². The molecule has 1 nitrogen and oxygen atoms in total. The maximum absolute atomic E-state index is 8.40. The molecule has 3 aromatic carbocycles. The Hall–Kier alpha value is -1.22. The summed E-state index contributed by atoms with van der Waals surface area (Å²) in [5.41, 5.74) is 13.5. The van der Waals surface area contributed by atoms with Gasteiger partial charge in [0.1, 0.15) is 0 Å². The first-order valence-corrected chi connectivity index (χ1v) is 9.08. The number of nitrogens with one attached hydrogen (secondary N) is 1. The SMILES string of the molecule is [Cl-].[Cl-].[NH-]C1CCCCC1=C(c1ccccc1)c1ccccc1.[Ti+4].c1cc[cH-]c1. The van der Waals surface area contributed by atoms with Crippen molar-refractivity contribution in [1.29, 1.82) is 0 Å². The molecule has 1 unspecified atom stereocenters. The van der Waals surface area contributed by atoms with Crippen LogP contribution in [0.5, 0.6) is 0 Å². The molecule has 0 saturated heterocycles. The van der Waals surface area contributed by atoms with E-state index in [1.807, 2.05) is 30.3 Å². The van der Waals surface area contributed by atoms with Crippen LogP contribution in [0.3, 0.4) is 0 Å². The average Bonchev–Trinajstić information content (AvgIpc) is 3.26. The van der Waals surface area contributed by atoms with Crippen molar-refractivity contribution in [1.82, 2.24) is 0 Å². The predicted octanol–water partition coefficient (Wildman–Crippen LogP) is 0.894. The Morgan fingerprint density at radius 1 is 0.750 bits per heavy atom. The van der Waals surface area contributed by atoms with E-state index in [1.165, 1.54) is 35.1 Å². The summed E-state index contributed by atoms with van der Waals surface area (Å²) in [4.78, 5) is 0. The summed E-state index contributed by atoms with van der Waals surface area (Å²) in [6.45, 7) is 0. The zero-order valence-electron chi connectivity index (χ0n) is 15.8. The van der Waals surface area contributed by atoms with E-state index in [-0.39, 0.29) is 52.6 Å². The zero-order chi connectivity index (χ0) is 17.3. The van der Waals surface area contributed by atoms with Gasteiger partial charge in [-0.2, -0.15) is 18.2 Å². The number of halogens is 2. The van der Waals surface area contributed by atoms with Crippen molar-refractivity contribution in [2.75, 3.05) is 0 Å². The molecule has 4 rings (SSSR count). The third-order valence-electron chi connectivity index (χ3n) is 4.61. The first kappa shape index (κ1) is 26.8. The largest absolute Gasteiger partial charge is 4.00 e. The van der Waals surface area contributed by atoms with Crippen LogP contribution < -0.4 is 24.8 Å². The Labute approximate surface area is 196 Å². The van der Waals surface area contributed by atoms with Gasteiger partial charge in [0.15, 0.2) is 0 Å². The summed E-state index contributed by atoms with van der Waals surface area (Å²) in [5, 5.41) is 0. The van der Waals surface area contributed by atoms with Crippen LogP contribution in [0.4, 0.5) is 0 Å². The van der Waals surface area contributed by atoms with Crippen LogP contribution in [0.15, 0.2) is 96.6 Å². The summed E-state index contributed by atoms with van der Waals surface area (Å²) in [6.07, 6.45) is 4.47. The van der Waals surface area contributed by atoms with E-state index in [2.05, 4.69) is 60.7 Å². The van der Waals surface area contributed by atoms with Crippen LogP contribution in [0.1, 0.15) is 36.8 Å². The summed E-state index contributed by atoms with van der Waals surface area (Å²) in [7, 11) is 0. The molecule has 4 heteroatoms. The molecule has 0 bridgehead atoms. The molecule has 0 radical (unpaired) electrons. The van der Waals surface area contributed by atoms with Crippen molar-refractivity contribution < 1.29 is 46.5 Å². The molecule has 0 aliphatic heterocycles. The molecule has 1 aliphatic carbocycles. The average molecular weight is 446 g/mol. The standard InChI is InChI=1S/C19H20N.C5H5.2ClH.Ti/c20-18-14-8-7-13-17(18)19(15-9-3-1-4-10-15)16-11-5-2-6-12-16;1-2-4-5-3-1;;;/h1-6,9-12,18,20H,7-8,13-14H2;1-5H;2*1H;/q2*-1;;;+4/p-2. The van der Waals surface area contributed by atoms with Gasteiger partial charge in [-0.3, -0.25) is 0 Å². The quantitative estimate of drug-likeness (QED) is 0.413. The van der Waals surface area contributed by atoms with Crippen molar-refractivity contribution in [3.8, 4) is 0 Å². The van der Waals surface area contributed by atoms with Crippen LogP contribution in [0.25, 0.3) is 11.3 Å². The van der Waals surface area contributed by atoms with Gasteiger partial charge in [-0.05, 0) is 29.5 Å². The molecule has 28 heavy (non-hydrogen) atoms. The van der Waals surface area contributed by atoms with Gasteiger partial charge in [0.25, 0.3) is 0 Å². The van der Waals surface area contributed by atoms with Gasteiger partial charge in [-0.25, -0.2) is 12.1 Å². The van der Waals surface area contributed by atoms with Gasteiger partial charge in [0.05, 0.1) is 0 Å². The first-order chi connectivity index (χ1) is 12.4. The molecule has 1 fully saturated rings. The normalized spacial score (nSPS) is 14.9. The molecule has 1 aliphatic rings. The smallest absolute Gasteiger partial charge is 1.00 e.